The predicted molar refractivity (Wildman–Crippen MR) is 70.2 cm³/mol. The van der Waals surface area contributed by atoms with Gasteiger partial charge in [-0.1, -0.05) is 26.3 Å². The summed E-state index contributed by atoms with van der Waals surface area (Å²) in [5, 5.41) is 10.2. The Balaban J connectivity index is 2.72. The van der Waals surface area contributed by atoms with E-state index in [9.17, 15) is 0 Å². The lowest BCUT2D eigenvalue weighted by Gasteiger charge is -2.38. The highest BCUT2D eigenvalue weighted by atomic mass is 15.2. The molecule has 3 N–H and O–H groups in total. The number of hydrogen-bond acceptors (Lipinski definition) is 3. The third-order valence-electron chi connectivity index (χ3n) is 3.79. The van der Waals surface area contributed by atoms with Crippen molar-refractivity contribution in [2.75, 3.05) is 21.1 Å². The Morgan fingerprint density at radius 2 is 1.94 bits per heavy atom. The second-order valence-electron chi connectivity index (χ2n) is 5.08. The minimum Gasteiger partial charge on any atom is -0.389 e. The van der Waals surface area contributed by atoms with Crippen molar-refractivity contribution in [1.82, 2.24) is 16.0 Å². The van der Waals surface area contributed by atoms with Crippen LogP contribution in [-0.2, 0) is 0 Å². The average molecular weight is 225 g/mol. The topological polar surface area (TPSA) is 36.1 Å². The Labute approximate surface area is 100 Å². The third-order valence-corrected chi connectivity index (χ3v) is 3.79. The van der Waals surface area contributed by atoms with E-state index in [4.69, 9.17) is 0 Å². The summed E-state index contributed by atoms with van der Waals surface area (Å²) in [5.41, 5.74) is 1.23. The maximum Gasteiger partial charge on any atom is 0.112 e. The fourth-order valence-electron chi connectivity index (χ4n) is 2.79. The third kappa shape index (κ3) is 2.41. The molecule has 0 aromatic heterocycles. The zero-order valence-corrected chi connectivity index (χ0v) is 11.4. The van der Waals surface area contributed by atoms with Gasteiger partial charge in [-0.05, 0) is 38.8 Å². The highest BCUT2D eigenvalue weighted by Gasteiger charge is 2.42. The smallest absolute Gasteiger partial charge is 0.112 e. The molecule has 1 aliphatic carbocycles. The first kappa shape index (κ1) is 13.5. The summed E-state index contributed by atoms with van der Waals surface area (Å²) in [6.45, 7) is 4.59. The van der Waals surface area contributed by atoms with Gasteiger partial charge in [0.2, 0.25) is 0 Å². The standard InChI is InChI=1S/C13H27N3/c1-10(2)6-7-11-8-9-12(14-3)13(11,15-4)16-5/h9-11,14-16H,6-8H2,1-5H3. The summed E-state index contributed by atoms with van der Waals surface area (Å²) in [5.74, 6) is 1.43. The van der Waals surface area contributed by atoms with Crippen molar-refractivity contribution in [3.63, 3.8) is 0 Å². The molecule has 3 heteroatoms. The molecule has 94 valence electrons. The Morgan fingerprint density at radius 3 is 2.38 bits per heavy atom. The molecule has 0 aromatic rings. The SMILES string of the molecule is CNC1=CCC(CCC(C)C)C1(NC)NC. The molecule has 0 spiro atoms. The molecule has 1 aliphatic rings. The minimum atomic E-state index is -0.0519. The predicted octanol–water partition coefficient (Wildman–Crippen LogP) is 1.68. The first-order valence-electron chi connectivity index (χ1n) is 6.37. The fraction of sp³-hybridized carbons (Fsp3) is 0.846. The highest BCUT2D eigenvalue weighted by molar-refractivity contribution is 5.25. The molecule has 0 aromatic carbocycles. The van der Waals surface area contributed by atoms with Crippen molar-refractivity contribution >= 4 is 0 Å². The molecule has 1 rings (SSSR count). The van der Waals surface area contributed by atoms with Crippen molar-refractivity contribution < 1.29 is 0 Å². The van der Waals surface area contributed by atoms with Gasteiger partial charge >= 0.3 is 0 Å². The molecular weight excluding hydrogens is 198 g/mol. The van der Waals surface area contributed by atoms with Gasteiger partial charge < -0.3 is 5.32 Å². The van der Waals surface area contributed by atoms with E-state index in [-0.39, 0.29) is 5.66 Å². The zero-order valence-electron chi connectivity index (χ0n) is 11.4. The van der Waals surface area contributed by atoms with Crippen LogP contribution in [0.25, 0.3) is 0 Å². The summed E-state index contributed by atoms with van der Waals surface area (Å²) in [4.78, 5) is 0. The van der Waals surface area contributed by atoms with E-state index in [2.05, 4.69) is 35.9 Å². The number of allylic oxidation sites excluding steroid dienone is 1. The van der Waals surface area contributed by atoms with Crippen LogP contribution in [0.5, 0.6) is 0 Å². The molecule has 0 aliphatic heterocycles. The highest BCUT2D eigenvalue weighted by Crippen LogP contribution is 2.35. The van der Waals surface area contributed by atoms with Crippen molar-refractivity contribution in [2.45, 2.75) is 38.8 Å². The van der Waals surface area contributed by atoms with E-state index < -0.39 is 0 Å². The quantitative estimate of drug-likeness (QED) is 0.602. The van der Waals surface area contributed by atoms with Crippen molar-refractivity contribution in [3.8, 4) is 0 Å². The molecule has 0 saturated carbocycles. The average Bonchev–Trinajstić information content (AvgIpc) is 2.64. The Kier molecular flexibility index (Phi) is 4.81. The maximum atomic E-state index is 3.46. The van der Waals surface area contributed by atoms with Crippen LogP contribution in [0.3, 0.4) is 0 Å². The summed E-state index contributed by atoms with van der Waals surface area (Å²) >= 11 is 0. The van der Waals surface area contributed by atoms with E-state index in [1.54, 1.807) is 0 Å². The van der Waals surface area contributed by atoms with Gasteiger partial charge in [0.1, 0.15) is 5.66 Å². The Bertz CT molecular complexity index is 242. The molecule has 0 radical (unpaired) electrons. The Hall–Kier alpha value is -0.540. The van der Waals surface area contributed by atoms with E-state index in [1.807, 2.05) is 21.1 Å². The van der Waals surface area contributed by atoms with Crippen molar-refractivity contribution in [1.29, 1.82) is 0 Å². The lowest BCUT2D eigenvalue weighted by atomic mass is 9.87. The van der Waals surface area contributed by atoms with Crippen LogP contribution in [0.4, 0.5) is 0 Å². The molecule has 0 heterocycles. The maximum absolute atomic E-state index is 3.46. The van der Waals surface area contributed by atoms with Crippen LogP contribution in [0, 0.1) is 11.8 Å². The van der Waals surface area contributed by atoms with E-state index in [0.29, 0.717) is 5.92 Å². The largest absolute Gasteiger partial charge is 0.389 e. The first-order chi connectivity index (χ1) is 7.60. The molecule has 0 bridgehead atoms. The van der Waals surface area contributed by atoms with E-state index >= 15 is 0 Å². The Morgan fingerprint density at radius 1 is 1.31 bits per heavy atom. The molecule has 0 amide bonds. The van der Waals surface area contributed by atoms with Crippen molar-refractivity contribution in [3.05, 3.63) is 11.8 Å². The van der Waals surface area contributed by atoms with Gasteiger partial charge in [-0.25, -0.2) is 0 Å². The monoisotopic (exact) mass is 225 g/mol. The summed E-state index contributed by atoms with van der Waals surface area (Å²) in [7, 11) is 6.07. The van der Waals surface area contributed by atoms with Crippen LogP contribution < -0.4 is 16.0 Å². The van der Waals surface area contributed by atoms with Gasteiger partial charge in [-0.15, -0.1) is 0 Å². The lowest BCUT2D eigenvalue weighted by Crippen LogP contribution is -2.60. The van der Waals surface area contributed by atoms with Crippen LogP contribution >= 0.6 is 0 Å². The molecule has 16 heavy (non-hydrogen) atoms. The molecule has 0 fully saturated rings. The second kappa shape index (κ2) is 5.69. The second-order valence-corrected chi connectivity index (χ2v) is 5.08. The van der Waals surface area contributed by atoms with Gasteiger partial charge in [-0.3, -0.25) is 10.6 Å². The lowest BCUT2D eigenvalue weighted by molar-refractivity contribution is 0.217. The first-order valence-corrected chi connectivity index (χ1v) is 6.37. The van der Waals surface area contributed by atoms with E-state index in [0.717, 1.165) is 12.3 Å². The summed E-state index contributed by atoms with van der Waals surface area (Å²) < 4.78 is 0. The number of rotatable bonds is 6. The summed E-state index contributed by atoms with van der Waals surface area (Å²) in [6.07, 6.45) is 6.03. The van der Waals surface area contributed by atoms with Crippen LogP contribution in [-0.4, -0.2) is 26.8 Å². The van der Waals surface area contributed by atoms with Crippen LogP contribution in [0.1, 0.15) is 33.1 Å². The van der Waals surface area contributed by atoms with Crippen LogP contribution in [0.15, 0.2) is 11.8 Å². The van der Waals surface area contributed by atoms with Gasteiger partial charge in [0, 0.05) is 12.7 Å². The zero-order chi connectivity index (χ0) is 12.2. The molecule has 0 saturated heterocycles. The normalized spacial score (nSPS) is 23.6. The van der Waals surface area contributed by atoms with Gasteiger partial charge in [0.25, 0.3) is 0 Å². The van der Waals surface area contributed by atoms with Crippen molar-refractivity contribution in [2.24, 2.45) is 11.8 Å². The van der Waals surface area contributed by atoms with Gasteiger partial charge in [0.05, 0.1) is 0 Å². The van der Waals surface area contributed by atoms with Crippen LogP contribution in [0.2, 0.25) is 0 Å². The number of hydrogen-bond donors (Lipinski definition) is 3. The van der Waals surface area contributed by atoms with Gasteiger partial charge in [-0.2, -0.15) is 0 Å². The molecule has 3 nitrogen and oxygen atoms in total. The number of nitrogens with one attached hydrogen (secondary N) is 3. The fourth-order valence-corrected chi connectivity index (χ4v) is 2.79. The molecule has 1 unspecified atom stereocenters. The van der Waals surface area contributed by atoms with E-state index in [1.165, 1.54) is 18.5 Å². The number of likely N-dealkylation sites (N-methyl/N-ethyl adjacent to an activating group) is 3. The summed E-state index contributed by atoms with van der Waals surface area (Å²) in [6, 6.07) is 0. The van der Waals surface area contributed by atoms with Gasteiger partial charge in [0.15, 0.2) is 0 Å². The molecule has 1 atom stereocenters. The minimum absolute atomic E-state index is 0.0519. The molecular formula is C13H27N3.